The molecule has 3 fully saturated rings. The summed E-state index contributed by atoms with van der Waals surface area (Å²) in [5.41, 5.74) is 23.1. The lowest BCUT2D eigenvalue weighted by atomic mass is 10.0. The zero-order valence-electron chi connectivity index (χ0n) is 70.3. The van der Waals surface area contributed by atoms with Crippen LogP contribution in [0, 0.1) is 0 Å². The summed E-state index contributed by atoms with van der Waals surface area (Å²) in [5, 5.41) is 112. The molecule has 5 rings (SSSR count). The maximum absolute atomic E-state index is 14.5. The molecule has 2 aromatic carbocycles. The molecule has 3 aliphatic rings. The van der Waals surface area contributed by atoms with E-state index in [-0.39, 0.29) is 174 Å². The number of benzene rings is 2. The van der Waals surface area contributed by atoms with Gasteiger partial charge in [0, 0.05) is 97.8 Å². The number of nitrogens with zero attached hydrogens (tertiary/aromatic N) is 6. The van der Waals surface area contributed by atoms with Gasteiger partial charge in [0.2, 0.25) is 65.0 Å². The normalized spacial score (nSPS) is 22.0. The Morgan fingerprint density at radius 2 is 0.727 bits per heavy atom. The van der Waals surface area contributed by atoms with Crippen LogP contribution in [0.4, 0.5) is 13.2 Å². The van der Waals surface area contributed by atoms with Gasteiger partial charge in [-0.3, -0.25) is 117 Å². The van der Waals surface area contributed by atoms with Gasteiger partial charge in [-0.25, -0.2) is 4.79 Å². The highest BCUT2D eigenvalue weighted by Crippen LogP contribution is 2.16. The molecule has 3 unspecified atom stereocenters. The van der Waals surface area contributed by atoms with E-state index in [0.29, 0.717) is 11.1 Å². The molecular formula is C77H118F3N23O25. The van der Waals surface area contributed by atoms with Crippen LogP contribution in [0.15, 0.2) is 70.6 Å². The third-order valence-electron chi connectivity index (χ3n) is 19.8. The number of nitrogens with two attached hydrogens (primary N) is 4. The second kappa shape index (κ2) is 57.2. The van der Waals surface area contributed by atoms with Gasteiger partial charge in [0.25, 0.3) is 0 Å². The molecule has 712 valence electrons. The SMILES string of the molecule is NC(N)=NCCC[C@@H]1NC(=O)[C@H](CCCCNC(=O)CCC(NC(=O)CN2CCN(CC(=O)O)CCN(CC(=O)O)CCN(CC(=O)O)CC2)C(=O)NCCCC[C@@H]2NC(=O)[C@@H](Cc3ccccc3)NC(=O)[C@H](CC(=O)O)NC(O)CNC(=O)[C@H](CCCN=C(N)N)NC2=O)NC(=O)[C@@H](Cc2ccccc2)NC(=O)[C@H](CC(=O)O)NC(O)CNC1=O.O=C(O)C(F)(F)F. The molecule has 2 aromatic rings. The second-order valence-electron chi connectivity index (χ2n) is 30.2. The van der Waals surface area contributed by atoms with Crippen LogP contribution in [0.5, 0.6) is 0 Å². The molecule has 3 aliphatic heterocycles. The highest BCUT2D eigenvalue weighted by atomic mass is 19.4. The summed E-state index contributed by atoms with van der Waals surface area (Å²) in [7, 11) is 0. The van der Waals surface area contributed by atoms with Gasteiger partial charge in [0.1, 0.15) is 54.7 Å². The first-order valence-corrected chi connectivity index (χ1v) is 41.1. The van der Waals surface area contributed by atoms with Gasteiger partial charge in [-0.05, 0) is 81.8 Å². The molecule has 0 aromatic heterocycles. The number of nitrogens with one attached hydrogen (secondary N) is 13. The largest absolute Gasteiger partial charge is 0.490 e. The monoisotopic (exact) mass is 1820 g/mol. The van der Waals surface area contributed by atoms with Crippen molar-refractivity contribution in [1.29, 1.82) is 0 Å². The molecule has 11 amide bonds. The van der Waals surface area contributed by atoms with Crippen molar-refractivity contribution >= 4 is 113 Å². The molecule has 0 radical (unpaired) electrons. The van der Waals surface area contributed by atoms with E-state index in [0.717, 1.165) is 0 Å². The van der Waals surface area contributed by atoms with Crippen LogP contribution in [0.3, 0.4) is 0 Å². The minimum absolute atomic E-state index is 0.00820. The van der Waals surface area contributed by atoms with Crippen LogP contribution in [0.2, 0.25) is 0 Å². The molecule has 0 bridgehead atoms. The fourth-order valence-corrected chi connectivity index (χ4v) is 13.2. The number of carbonyl (C=O) groups is 17. The van der Waals surface area contributed by atoms with E-state index in [1.165, 1.54) is 9.80 Å². The molecule has 3 saturated heterocycles. The predicted molar refractivity (Wildman–Crippen MR) is 445 cm³/mol. The lowest BCUT2D eigenvalue weighted by molar-refractivity contribution is -0.192. The number of halogens is 3. The number of hydrogen-bond acceptors (Lipinski definition) is 27. The Hall–Kier alpha value is -12.6. The van der Waals surface area contributed by atoms with Crippen LogP contribution in [0.1, 0.15) is 101 Å². The van der Waals surface area contributed by atoms with Gasteiger partial charge < -0.3 is 122 Å². The number of rotatable bonds is 39. The Kier molecular flexibility index (Phi) is 48.2. The van der Waals surface area contributed by atoms with E-state index in [1.54, 1.807) is 70.5 Å². The van der Waals surface area contributed by atoms with Crippen molar-refractivity contribution in [3.05, 3.63) is 71.8 Å². The zero-order chi connectivity index (χ0) is 95.0. The Morgan fingerprint density at radius 3 is 1.06 bits per heavy atom. The molecule has 29 N–H and O–H groups in total. The molecule has 11 atom stereocenters. The van der Waals surface area contributed by atoms with E-state index in [4.69, 9.17) is 32.8 Å². The molecule has 51 heteroatoms. The molecule has 0 aliphatic carbocycles. The van der Waals surface area contributed by atoms with Crippen molar-refractivity contribution in [3.63, 3.8) is 0 Å². The fourth-order valence-electron chi connectivity index (χ4n) is 13.2. The average molecular weight is 1820 g/mol. The number of unbranched alkanes of at least 4 members (excludes halogenated alkanes) is 2. The number of aliphatic hydroxyl groups excluding tert-OH is 2. The summed E-state index contributed by atoms with van der Waals surface area (Å²) in [6, 6.07) is 3.39. The van der Waals surface area contributed by atoms with Crippen LogP contribution in [0.25, 0.3) is 0 Å². The number of carboxylic acids is 6. The summed E-state index contributed by atoms with van der Waals surface area (Å²) in [6.45, 7) is -2.83. The molecular weight excluding hydrogens is 1700 g/mol. The lowest BCUT2D eigenvalue weighted by Gasteiger charge is -2.33. The number of aliphatic imine (C=N–C) groups is 2. The summed E-state index contributed by atoms with van der Waals surface area (Å²) in [5.74, 6) is -19.2. The number of carboxylic acid groups (broad SMARTS) is 6. The number of hydrogen-bond donors (Lipinski definition) is 25. The number of carbonyl (C=O) groups excluding carboxylic acids is 11. The van der Waals surface area contributed by atoms with E-state index < -0.39 is 232 Å². The van der Waals surface area contributed by atoms with Crippen molar-refractivity contribution in [3.8, 4) is 0 Å². The molecule has 0 saturated carbocycles. The van der Waals surface area contributed by atoms with E-state index in [9.17, 15) is 126 Å². The maximum Gasteiger partial charge on any atom is 0.490 e. The van der Waals surface area contributed by atoms with Crippen molar-refractivity contribution < 1.29 is 136 Å². The Morgan fingerprint density at radius 1 is 0.414 bits per heavy atom. The number of amides is 11. The quantitative estimate of drug-likeness (QED) is 0.0168. The standard InChI is InChI=1S/C75H117N23O23.C2HF3O2/c76-74(77)82-25-11-19-47-66(114)84-39-57(100)87-54(37-60(103)104)72(120)93-52(35-45-13-3-1-4-14-45)70(118)91-49(68(116)89-47)17-7-9-23-80-56(99)22-21-51(86-59(102)41-95-27-29-96(42-62(107)108)31-33-98(44-64(111)112)34-32-97(30-28-95)43-63(109)110)65(113)81-24-10-8-18-50-69(117)90-48(20-12-26-83-75(78)79)67(115)85-40-58(101)88-55(38-61(105)106)73(121)94-53(71(119)92-50)36-46-15-5-2-6-16-46;3-2(4,5)1(6)7/h1-6,13-16,47-55,57-58,87-88,100-101H,7-12,17-44H2,(H,80,99)(H,81,113)(H,84,114)(H,85,115)(H,86,102)(H,89,116)(H,90,117)(H,91,118)(H,92,119)(H,93,120)(H,94,121)(H,103,104)(H,105,106)(H,107,108)(H,109,110)(H,111,112)(H4,76,77,82)(H4,78,79,83);(H,6,7)/t47-,48-,49-,50-,51?,52+,53+,54-,55-,57?,58?;/m0./s1. The van der Waals surface area contributed by atoms with Crippen molar-refractivity contribution in [1.82, 2.24) is 88.7 Å². The van der Waals surface area contributed by atoms with Gasteiger partial charge >= 0.3 is 42.0 Å². The van der Waals surface area contributed by atoms with E-state index in [1.807, 2.05) is 0 Å². The van der Waals surface area contributed by atoms with Gasteiger partial charge in [-0.2, -0.15) is 13.2 Å². The summed E-state index contributed by atoms with van der Waals surface area (Å²) < 4.78 is 31.7. The third kappa shape index (κ3) is 45.0. The number of aliphatic hydroxyl groups is 2. The van der Waals surface area contributed by atoms with E-state index >= 15 is 0 Å². The Balaban J connectivity index is 0.00000469. The van der Waals surface area contributed by atoms with Crippen LogP contribution >= 0.6 is 0 Å². The smallest absolute Gasteiger partial charge is 0.481 e. The van der Waals surface area contributed by atoms with Crippen molar-refractivity contribution in [2.45, 2.75) is 176 Å². The number of alkyl halides is 3. The van der Waals surface area contributed by atoms with Crippen LogP contribution in [-0.2, 0) is 94.3 Å². The topological polar surface area (TPSA) is 750 Å². The zero-order valence-corrected chi connectivity index (χ0v) is 70.3. The molecule has 0 spiro atoms. The van der Waals surface area contributed by atoms with Crippen molar-refractivity contribution in [2.24, 2.45) is 32.9 Å². The van der Waals surface area contributed by atoms with Gasteiger partial charge in [0.15, 0.2) is 11.9 Å². The molecule has 128 heavy (non-hydrogen) atoms. The fraction of sp³-hybridized carbons (Fsp3) is 0.597. The molecule has 48 nitrogen and oxygen atoms in total. The summed E-state index contributed by atoms with van der Waals surface area (Å²) in [6.07, 6.45) is -11.4. The summed E-state index contributed by atoms with van der Waals surface area (Å²) in [4.78, 5) is 239. The second-order valence-corrected chi connectivity index (χ2v) is 30.2. The average Bonchev–Trinajstić information content (AvgIpc) is 1.40. The van der Waals surface area contributed by atoms with Gasteiger partial charge in [-0.1, -0.05) is 60.7 Å². The number of β-amino-alcohol motifs (C(OH)–C–C–N with tert-alkyl or cyclic N) is 2. The third-order valence-corrected chi connectivity index (χ3v) is 19.8. The first-order chi connectivity index (χ1) is 60.5. The highest BCUT2D eigenvalue weighted by molar-refractivity contribution is 5.98. The van der Waals surface area contributed by atoms with Gasteiger partial charge in [-0.15, -0.1) is 0 Å². The first kappa shape index (κ1) is 108. The van der Waals surface area contributed by atoms with Crippen molar-refractivity contribution in [2.75, 3.05) is 118 Å². The summed E-state index contributed by atoms with van der Waals surface area (Å²) >= 11 is 0. The lowest BCUT2D eigenvalue weighted by Crippen LogP contribution is -2.58. The highest BCUT2D eigenvalue weighted by Gasteiger charge is 2.40. The first-order valence-electron chi connectivity index (χ1n) is 41.1. The predicted octanol–water partition coefficient (Wildman–Crippen LogP) is -8.80. The Labute approximate surface area is 732 Å². The minimum Gasteiger partial charge on any atom is -0.481 e. The molecule has 3 heterocycles. The van der Waals surface area contributed by atoms with Gasteiger partial charge in [0.05, 0.1) is 64.2 Å². The van der Waals surface area contributed by atoms with Crippen LogP contribution < -0.4 is 92.1 Å². The van der Waals surface area contributed by atoms with Crippen LogP contribution in [-0.4, -0.2) is 364 Å². The Bertz CT molecular complexity index is 4050. The maximum atomic E-state index is 14.5. The number of guanidine groups is 2. The van der Waals surface area contributed by atoms with E-state index in [2.05, 4.69) is 79.1 Å². The minimum atomic E-state index is -5.08. The number of aliphatic carboxylic acids is 6.